The Hall–Kier alpha value is -2.93. The van der Waals surface area contributed by atoms with Gasteiger partial charge in [-0.05, 0) is 48.4 Å². The molecule has 2 aliphatic rings. The van der Waals surface area contributed by atoms with E-state index in [0.717, 1.165) is 11.3 Å². The van der Waals surface area contributed by atoms with Crippen LogP contribution in [0.25, 0.3) is 0 Å². The van der Waals surface area contributed by atoms with Gasteiger partial charge in [0.1, 0.15) is 5.78 Å². The molecule has 4 rings (SSSR count). The molecule has 1 aliphatic carbocycles. The summed E-state index contributed by atoms with van der Waals surface area (Å²) in [4.78, 5) is 32.7. The number of hydrogen-bond donors (Lipinski definition) is 1. The zero-order valence-corrected chi connectivity index (χ0v) is 20.1. The van der Waals surface area contributed by atoms with E-state index in [9.17, 15) is 14.7 Å². The van der Waals surface area contributed by atoms with E-state index in [1.165, 1.54) is 18.1 Å². The fourth-order valence-electron chi connectivity index (χ4n) is 4.73. The number of esters is 1. The molecule has 2 aromatic rings. The summed E-state index contributed by atoms with van der Waals surface area (Å²) < 4.78 is 10.9. The highest BCUT2D eigenvalue weighted by molar-refractivity contribution is 7.10. The lowest BCUT2D eigenvalue weighted by molar-refractivity contribution is -0.140. The minimum absolute atomic E-state index is 0.00307. The predicted octanol–water partition coefficient (Wildman–Crippen LogP) is 5.24. The second kappa shape index (κ2) is 9.51. The Morgan fingerprint density at radius 3 is 2.70 bits per heavy atom. The summed E-state index contributed by atoms with van der Waals surface area (Å²) in [6.45, 7) is 6.04. The van der Waals surface area contributed by atoms with E-state index in [1.807, 2.05) is 25.3 Å². The van der Waals surface area contributed by atoms with E-state index >= 15 is 0 Å². The Labute approximate surface area is 198 Å². The molecule has 1 fully saturated rings. The number of thiophene rings is 1. The van der Waals surface area contributed by atoms with E-state index in [4.69, 9.17) is 14.5 Å². The van der Waals surface area contributed by atoms with Crippen LogP contribution in [0, 0.1) is 11.8 Å². The maximum absolute atomic E-state index is 13.5. The monoisotopic (exact) mass is 467 g/mol. The molecular weight excluding hydrogens is 438 g/mol. The summed E-state index contributed by atoms with van der Waals surface area (Å²) >= 11 is 1.65. The Bertz CT molecular complexity index is 1120. The summed E-state index contributed by atoms with van der Waals surface area (Å²) in [7, 11) is 1.48. The van der Waals surface area contributed by atoms with Gasteiger partial charge in [0.15, 0.2) is 11.5 Å². The molecular formula is C26H29NO5S. The number of Topliss-reactive ketones (excluding diaryl/α,β-unsaturated/α-hetero) is 1. The van der Waals surface area contributed by atoms with E-state index in [1.54, 1.807) is 30.4 Å². The maximum Gasteiger partial charge on any atom is 0.336 e. The third-order valence-electron chi connectivity index (χ3n) is 6.23. The molecule has 2 heterocycles. The molecule has 1 aliphatic heterocycles. The van der Waals surface area contributed by atoms with E-state index < -0.39 is 17.8 Å². The minimum atomic E-state index is -0.541. The fourth-order valence-corrected chi connectivity index (χ4v) is 5.56. The van der Waals surface area contributed by atoms with E-state index in [0.29, 0.717) is 29.9 Å². The first-order chi connectivity index (χ1) is 15.8. The van der Waals surface area contributed by atoms with Crippen molar-refractivity contribution in [2.75, 3.05) is 13.7 Å². The number of phenolic OH excluding ortho intramolecular Hbond substituents is 1. The van der Waals surface area contributed by atoms with Crippen LogP contribution in [-0.4, -0.2) is 36.3 Å². The first kappa shape index (κ1) is 23.2. The summed E-state index contributed by atoms with van der Waals surface area (Å²) in [5.74, 6) is -0.875. The van der Waals surface area contributed by atoms with Crippen molar-refractivity contribution in [1.29, 1.82) is 0 Å². The number of nitrogens with zero attached hydrogens (tertiary/aromatic N) is 1. The lowest BCUT2D eigenvalue weighted by Gasteiger charge is -2.38. The lowest BCUT2D eigenvalue weighted by atomic mass is 9.67. The average molecular weight is 468 g/mol. The van der Waals surface area contributed by atoms with Crippen LogP contribution in [0.1, 0.15) is 55.9 Å². The van der Waals surface area contributed by atoms with Crippen molar-refractivity contribution in [3.8, 4) is 11.5 Å². The summed E-state index contributed by atoms with van der Waals surface area (Å²) in [6.07, 6.45) is 1.08. The van der Waals surface area contributed by atoms with Crippen LogP contribution in [0.15, 0.2) is 52.0 Å². The van der Waals surface area contributed by atoms with Crippen LogP contribution in [0.3, 0.4) is 0 Å². The number of ketones is 1. The number of aromatic hydroxyl groups is 1. The first-order valence-corrected chi connectivity index (χ1v) is 12.1. The normalized spacial score (nSPS) is 22.8. The molecule has 1 saturated carbocycles. The van der Waals surface area contributed by atoms with Crippen molar-refractivity contribution in [2.24, 2.45) is 16.8 Å². The van der Waals surface area contributed by atoms with Gasteiger partial charge in [-0.1, -0.05) is 26.0 Å². The van der Waals surface area contributed by atoms with Crippen molar-refractivity contribution in [1.82, 2.24) is 0 Å². The van der Waals surface area contributed by atoms with Gasteiger partial charge >= 0.3 is 5.97 Å². The van der Waals surface area contributed by atoms with Crippen LogP contribution in [0.4, 0.5) is 0 Å². The summed E-state index contributed by atoms with van der Waals surface area (Å²) in [5.41, 5.74) is 2.51. The molecule has 7 heteroatoms. The number of hydrogen-bond acceptors (Lipinski definition) is 7. The summed E-state index contributed by atoms with van der Waals surface area (Å²) in [5, 5.41) is 12.1. The van der Waals surface area contributed by atoms with Crippen LogP contribution in [0.2, 0.25) is 0 Å². The molecule has 3 atom stereocenters. The SMILES string of the molecule is COc1cc([C@H]2C(C(=O)OCC(C)C)=C(C)N=C3C[C@@H](c4cccs4)CC(=O)[C@@H]32)ccc1O. The predicted molar refractivity (Wildman–Crippen MR) is 128 cm³/mol. The maximum atomic E-state index is 13.5. The molecule has 174 valence electrons. The van der Waals surface area contributed by atoms with Gasteiger partial charge in [0, 0.05) is 34.5 Å². The molecule has 0 bridgehead atoms. The number of carbonyl (C=O) groups excluding carboxylic acids is 2. The smallest absolute Gasteiger partial charge is 0.336 e. The van der Waals surface area contributed by atoms with Gasteiger partial charge in [-0.2, -0.15) is 0 Å². The highest BCUT2D eigenvalue weighted by Crippen LogP contribution is 2.47. The van der Waals surface area contributed by atoms with Crippen LogP contribution >= 0.6 is 11.3 Å². The number of aliphatic imine (C=N–C) groups is 1. The number of rotatable bonds is 6. The van der Waals surface area contributed by atoms with Crippen molar-refractivity contribution in [3.05, 3.63) is 57.4 Å². The number of fused-ring (bicyclic) bond motifs is 1. The van der Waals surface area contributed by atoms with Crippen LogP contribution in [-0.2, 0) is 14.3 Å². The third-order valence-corrected chi connectivity index (χ3v) is 7.27. The molecule has 1 aromatic carbocycles. The molecule has 0 amide bonds. The van der Waals surface area contributed by atoms with Crippen molar-refractivity contribution >= 4 is 28.8 Å². The largest absolute Gasteiger partial charge is 0.504 e. The van der Waals surface area contributed by atoms with Crippen molar-refractivity contribution < 1.29 is 24.2 Å². The van der Waals surface area contributed by atoms with Gasteiger partial charge < -0.3 is 14.6 Å². The fraction of sp³-hybridized carbons (Fsp3) is 0.423. The molecule has 6 nitrogen and oxygen atoms in total. The number of ether oxygens (including phenoxy) is 2. The molecule has 0 spiro atoms. The highest BCUT2D eigenvalue weighted by atomic mass is 32.1. The van der Waals surface area contributed by atoms with Gasteiger partial charge in [0.25, 0.3) is 0 Å². The van der Waals surface area contributed by atoms with E-state index in [-0.39, 0.29) is 30.0 Å². The Morgan fingerprint density at radius 1 is 1.24 bits per heavy atom. The van der Waals surface area contributed by atoms with Crippen LogP contribution < -0.4 is 4.74 Å². The summed E-state index contributed by atoms with van der Waals surface area (Å²) in [6, 6.07) is 9.04. The van der Waals surface area contributed by atoms with Crippen LogP contribution in [0.5, 0.6) is 11.5 Å². The Balaban J connectivity index is 1.80. The minimum Gasteiger partial charge on any atom is -0.504 e. The molecule has 0 radical (unpaired) electrons. The zero-order valence-electron chi connectivity index (χ0n) is 19.3. The number of methoxy groups -OCH3 is 1. The van der Waals surface area contributed by atoms with Crippen molar-refractivity contribution in [3.63, 3.8) is 0 Å². The molecule has 1 aromatic heterocycles. The van der Waals surface area contributed by atoms with Gasteiger partial charge in [0.05, 0.1) is 25.2 Å². The second-order valence-electron chi connectivity index (χ2n) is 9.07. The van der Waals surface area contributed by atoms with Gasteiger partial charge in [-0.25, -0.2) is 4.79 Å². The van der Waals surface area contributed by atoms with E-state index in [2.05, 4.69) is 6.07 Å². The molecule has 1 N–H and O–H groups in total. The number of benzene rings is 1. The van der Waals surface area contributed by atoms with Crippen molar-refractivity contribution in [2.45, 2.75) is 45.4 Å². The zero-order chi connectivity index (χ0) is 23.7. The highest BCUT2D eigenvalue weighted by Gasteiger charge is 2.46. The topological polar surface area (TPSA) is 85.2 Å². The first-order valence-electron chi connectivity index (χ1n) is 11.2. The number of carbonyl (C=O) groups is 2. The average Bonchev–Trinajstić information content (AvgIpc) is 3.32. The second-order valence-corrected chi connectivity index (χ2v) is 10.0. The molecule has 0 unspecified atom stereocenters. The lowest BCUT2D eigenvalue weighted by Crippen LogP contribution is -2.41. The molecule has 0 saturated heterocycles. The number of phenols is 1. The number of allylic oxidation sites excluding steroid dienone is 1. The van der Waals surface area contributed by atoms with Gasteiger partial charge in [-0.15, -0.1) is 11.3 Å². The third kappa shape index (κ3) is 4.60. The Morgan fingerprint density at radius 2 is 2.03 bits per heavy atom. The van der Waals surface area contributed by atoms with Gasteiger partial charge in [-0.3, -0.25) is 9.79 Å². The van der Waals surface area contributed by atoms with Gasteiger partial charge in [0.2, 0.25) is 0 Å². The standard InChI is InChI=1S/C26H29NO5S/c1-14(2)13-32-26(30)23-15(3)27-18-10-17(22-6-5-9-33-22)11-20(29)25(18)24(23)16-7-8-19(28)21(12-16)31-4/h5-9,12,14,17,24-25,28H,10-11,13H2,1-4H3/t17-,24+,25-/m1/s1. The Kier molecular flexibility index (Phi) is 6.70. The molecule has 33 heavy (non-hydrogen) atoms. The quantitative estimate of drug-likeness (QED) is 0.588.